The molecule has 0 aliphatic carbocycles. The van der Waals surface area contributed by atoms with Crippen LogP contribution in [0, 0.1) is 5.41 Å². The predicted octanol–water partition coefficient (Wildman–Crippen LogP) is 7.69. The van der Waals surface area contributed by atoms with Crippen LogP contribution in [0.25, 0.3) is 0 Å². The fraction of sp³-hybridized carbons (Fsp3) is 1.00. The molecule has 0 radical (unpaired) electrons. The summed E-state index contributed by atoms with van der Waals surface area (Å²) >= 11 is 0. The summed E-state index contributed by atoms with van der Waals surface area (Å²) in [6, 6.07) is 0. The van der Waals surface area contributed by atoms with Gasteiger partial charge in [0, 0.05) is 18.6 Å². The van der Waals surface area contributed by atoms with E-state index in [4.69, 9.17) is 9.47 Å². The van der Waals surface area contributed by atoms with E-state index in [1.54, 1.807) is 0 Å². The summed E-state index contributed by atoms with van der Waals surface area (Å²) in [7, 11) is 0. The van der Waals surface area contributed by atoms with Crippen molar-refractivity contribution in [3.63, 3.8) is 0 Å². The smallest absolute Gasteiger partial charge is 0.0566 e. The average Bonchev–Trinajstić information content (AvgIpc) is 2.75. The maximum absolute atomic E-state index is 9.90. The van der Waals surface area contributed by atoms with Gasteiger partial charge in [-0.1, -0.05) is 111 Å². The van der Waals surface area contributed by atoms with E-state index in [2.05, 4.69) is 20.8 Å². The van der Waals surface area contributed by atoms with Gasteiger partial charge < -0.3 is 14.6 Å². The summed E-state index contributed by atoms with van der Waals surface area (Å²) in [5, 5.41) is 9.90. The number of rotatable bonds is 24. The van der Waals surface area contributed by atoms with Crippen LogP contribution < -0.4 is 0 Å². The Kier molecular flexibility index (Phi) is 22.5. The first kappa shape index (κ1) is 28.9. The SMILES string of the molecule is CCCCCCCCCCOCC(CC)(CO)COCCCCCCCCCC. The third-order valence-electron chi connectivity index (χ3n) is 6.19. The fourth-order valence-corrected chi connectivity index (χ4v) is 3.70. The monoisotopic (exact) mass is 414 g/mol. The van der Waals surface area contributed by atoms with Gasteiger partial charge in [-0.15, -0.1) is 0 Å². The molecule has 0 saturated heterocycles. The van der Waals surface area contributed by atoms with Crippen molar-refractivity contribution in [2.24, 2.45) is 5.41 Å². The first-order valence-corrected chi connectivity index (χ1v) is 13.0. The highest BCUT2D eigenvalue weighted by atomic mass is 16.5. The fourth-order valence-electron chi connectivity index (χ4n) is 3.70. The van der Waals surface area contributed by atoms with Gasteiger partial charge in [-0.3, -0.25) is 0 Å². The second-order valence-electron chi connectivity index (χ2n) is 9.07. The van der Waals surface area contributed by atoms with Gasteiger partial charge in [-0.05, 0) is 19.3 Å². The molecule has 176 valence electrons. The van der Waals surface area contributed by atoms with Crippen LogP contribution in [0.3, 0.4) is 0 Å². The van der Waals surface area contributed by atoms with Gasteiger partial charge in [0.1, 0.15) is 0 Å². The molecule has 0 aliphatic heterocycles. The molecule has 0 bridgehead atoms. The lowest BCUT2D eigenvalue weighted by Gasteiger charge is -2.30. The summed E-state index contributed by atoms with van der Waals surface area (Å²) in [6.07, 6.45) is 22.0. The Morgan fingerprint density at radius 3 is 1.17 bits per heavy atom. The van der Waals surface area contributed by atoms with Crippen LogP contribution in [0.4, 0.5) is 0 Å². The van der Waals surface area contributed by atoms with Gasteiger partial charge in [-0.25, -0.2) is 0 Å². The molecule has 0 aromatic rings. The summed E-state index contributed by atoms with van der Waals surface area (Å²) in [4.78, 5) is 0. The van der Waals surface area contributed by atoms with Gasteiger partial charge in [0.15, 0.2) is 0 Å². The molecule has 0 aliphatic rings. The molecule has 0 unspecified atom stereocenters. The van der Waals surface area contributed by atoms with E-state index in [9.17, 15) is 5.11 Å². The van der Waals surface area contributed by atoms with Crippen molar-refractivity contribution < 1.29 is 14.6 Å². The van der Waals surface area contributed by atoms with Gasteiger partial charge in [0.2, 0.25) is 0 Å². The van der Waals surface area contributed by atoms with Gasteiger partial charge >= 0.3 is 0 Å². The summed E-state index contributed by atoms with van der Waals surface area (Å²) in [6.45, 7) is 9.68. The zero-order chi connectivity index (χ0) is 21.5. The van der Waals surface area contributed by atoms with Crippen molar-refractivity contribution in [3.8, 4) is 0 Å². The van der Waals surface area contributed by atoms with E-state index in [0.29, 0.717) is 13.2 Å². The minimum Gasteiger partial charge on any atom is -0.396 e. The Morgan fingerprint density at radius 2 is 0.862 bits per heavy atom. The van der Waals surface area contributed by atoms with Gasteiger partial charge in [0.05, 0.1) is 19.8 Å². The molecule has 0 fully saturated rings. The van der Waals surface area contributed by atoms with Crippen molar-refractivity contribution in [2.45, 2.75) is 130 Å². The van der Waals surface area contributed by atoms with Crippen LogP contribution in [0.15, 0.2) is 0 Å². The van der Waals surface area contributed by atoms with Crippen LogP contribution in [0.1, 0.15) is 130 Å². The largest absolute Gasteiger partial charge is 0.396 e. The maximum atomic E-state index is 9.90. The van der Waals surface area contributed by atoms with Crippen molar-refractivity contribution >= 4 is 0 Å². The lowest BCUT2D eigenvalue weighted by atomic mass is 9.88. The number of hydrogen-bond donors (Lipinski definition) is 1. The Bertz CT molecular complexity index is 276. The number of aliphatic hydroxyl groups is 1. The van der Waals surface area contributed by atoms with Crippen LogP contribution >= 0.6 is 0 Å². The van der Waals surface area contributed by atoms with Crippen LogP contribution in [0.5, 0.6) is 0 Å². The molecule has 0 aromatic heterocycles. The number of aliphatic hydroxyl groups excluding tert-OH is 1. The highest BCUT2D eigenvalue weighted by Crippen LogP contribution is 2.23. The molecule has 0 heterocycles. The topological polar surface area (TPSA) is 38.7 Å². The van der Waals surface area contributed by atoms with Crippen molar-refractivity contribution in [1.82, 2.24) is 0 Å². The predicted molar refractivity (Wildman–Crippen MR) is 127 cm³/mol. The first-order chi connectivity index (χ1) is 14.2. The molecule has 0 saturated carbocycles. The van der Waals surface area contributed by atoms with Gasteiger partial charge in [-0.2, -0.15) is 0 Å². The zero-order valence-corrected chi connectivity index (χ0v) is 20.3. The maximum Gasteiger partial charge on any atom is 0.0566 e. The molecule has 0 spiro atoms. The van der Waals surface area contributed by atoms with E-state index >= 15 is 0 Å². The highest BCUT2D eigenvalue weighted by molar-refractivity contribution is 4.76. The van der Waals surface area contributed by atoms with Crippen LogP contribution in [-0.2, 0) is 9.47 Å². The summed E-state index contributed by atoms with van der Waals surface area (Å²) in [5.41, 5.74) is -0.222. The lowest BCUT2D eigenvalue weighted by Crippen LogP contribution is -2.36. The van der Waals surface area contributed by atoms with Gasteiger partial charge in [0.25, 0.3) is 0 Å². The quantitative estimate of drug-likeness (QED) is 0.164. The summed E-state index contributed by atoms with van der Waals surface area (Å²) < 4.78 is 11.9. The zero-order valence-electron chi connectivity index (χ0n) is 20.3. The molecular weight excluding hydrogens is 360 g/mol. The first-order valence-electron chi connectivity index (χ1n) is 13.0. The standard InChI is InChI=1S/C26H54O3/c1-4-7-9-11-13-15-17-19-21-28-24-26(6-3,23-27)25-29-22-20-18-16-14-12-10-8-5-2/h27H,4-25H2,1-3H3. The molecule has 29 heavy (non-hydrogen) atoms. The van der Waals surface area contributed by atoms with E-state index in [1.807, 2.05) is 0 Å². The Labute approximate surface area is 183 Å². The van der Waals surface area contributed by atoms with E-state index in [-0.39, 0.29) is 12.0 Å². The molecule has 0 amide bonds. The van der Waals surface area contributed by atoms with E-state index < -0.39 is 0 Å². The normalized spacial score (nSPS) is 12.0. The van der Waals surface area contributed by atoms with Crippen molar-refractivity contribution in [3.05, 3.63) is 0 Å². The number of hydrogen-bond acceptors (Lipinski definition) is 3. The molecule has 3 nitrogen and oxygen atoms in total. The third-order valence-corrected chi connectivity index (χ3v) is 6.19. The van der Waals surface area contributed by atoms with Crippen LogP contribution in [-0.4, -0.2) is 38.1 Å². The van der Waals surface area contributed by atoms with Crippen molar-refractivity contribution in [2.75, 3.05) is 33.0 Å². The Hall–Kier alpha value is -0.120. The Morgan fingerprint density at radius 1 is 0.517 bits per heavy atom. The number of ether oxygens (including phenoxy) is 2. The lowest BCUT2D eigenvalue weighted by molar-refractivity contribution is -0.0541. The molecule has 0 rings (SSSR count). The molecular formula is C26H54O3. The minimum atomic E-state index is -0.222. The minimum absolute atomic E-state index is 0.151. The Balaban J connectivity index is 3.64. The molecule has 0 aromatic carbocycles. The summed E-state index contributed by atoms with van der Waals surface area (Å²) in [5.74, 6) is 0. The average molecular weight is 415 g/mol. The third kappa shape index (κ3) is 18.4. The second kappa shape index (κ2) is 22.6. The second-order valence-corrected chi connectivity index (χ2v) is 9.07. The van der Waals surface area contributed by atoms with Crippen molar-refractivity contribution in [1.29, 1.82) is 0 Å². The number of unbranched alkanes of at least 4 members (excludes halogenated alkanes) is 14. The molecule has 1 N–H and O–H groups in total. The highest BCUT2D eigenvalue weighted by Gasteiger charge is 2.28. The van der Waals surface area contributed by atoms with E-state index in [0.717, 1.165) is 32.5 Å². The molecule has 3 heteroatoms. The van der Waals surface area contributed by atoms with Crippen LogP contribution in [0.2, 0.25) is 0 Å². The molecule has 0 atom stereocenters. The van der Waals surface area contributed by atoms with E-state index in [1.165, 1.54) is 89.9 Å².